The van der Waals surface area contributed by atoms with Crippen molar-refractivity contribution in [2.24, 2.45) is 0 Å². The zero-order valence-electron chi connectivity index (χ0n) is 12.8. The van der Waals surface area contributed by atoms with E-state index in [0.717, 1.165) is 27.8 Å². The number of nitrogens with one attached hydrogen (secondary N) is 1. The zero-order chi connectivity index (χ0) is 15.8. The number of benzene rings is 2. The molecule has 0 heterocycles. The van der Waals surface area contributed by atoms with E-state index >= 15 is 0 Å². The lowest BCUT2D eigenvalue weighted by atomic mass is 10.1. The van der Waals surface area contributed by atoms with Gasteiger partial charge in [0.25, 0.3) is 0 Å². The fraction of sp³-hybridized carbons (Fsp3) is 0.333. The van der Waals surface area contributed by atoms with Gasteiger partial charge in [-0.05, 0) is 30.2 Å². The second-order valence-corrected chi connectivity index (χ2v) is 6.11. The maximum absolute atomic E-state index is 9.28. The molecule has 0 aliphatic heterocycles. The van der Waals surface area contributed by atoms with Gasteiger partial charge in [-0.25, -0.2) is 0 Å². The Labute approximate surface area is 140 Å². The van der Waals surface area contributed by atoms with Crippen molar-refractivity contribution in [3.63, 3.8) is 0 Å². The van der Waals surface area contributed by atoms with Gasteiger partial charge < -0.3 is 15.2 Å². The molecular weight excluding hydrogens is 342 g/mol. The Morgan fingerprint density at radius 2 is 1.95 bits per heavy atom. The summed E-state index contributed by atoms with van der Waals surface area (Å²) >= 11 is 3.50. The van der Waals surface area contributed by atoms with E-state index in [1.54, 1.807) is 0 Å². The van der Waals surface area contributed by atoms with Crippen LogP contribution in [0.4, 0.5) is 0 Å². The molecule has 4 heteroatoms. The molecule has 0 saturated heterocycles. The van der Waals surface area contributed by atoms with Gasteiger partial charge in [0.15, 0.2) is 0 Å². The van der Waals surface area contributed by atoms with Crippen LogP contribution in [-0.2, 0) is 13.2 Å². The van der Waals surface area contributed by atoms with E-state index in [4.69, 9.17) is 4.74 Å². The van der Waals surface area contributed by atoms with Gasteiger partial charge in [-0.3, -0.25) is 0 Å². The normalized spacial score (nSPS) is 12.1. The molecule has 0 saturated carbocycles. The van der Waals surface area contributed by atoms with Crippen LogP contribution >= 0.6 is 15.9 Å². The fourth-order valence-electron chi connectivity index (χ4n) is 2.15. The lowest BCUT2D eigenvalue weighted by Crippen LogP contribution is -2.31. The highest BCUT2D eigenvalue weighted by Crippen LogP contribution is 2.24. The Hall–Kier alpha value is -1.36. The van der Waals surface area contributed by atoms with Crippen LogP contribution in [0, 0.1) is 0 Å². The molecule has 0 aliphatic carbocycles. The predicted molar refractivity (Wildman–Crippen MR) is 92.9 cm³/mol. The van der Waals surface area contributed by atoms with Crippen molar-refractivity contribution in [2.75, 3.05) is 6.61 Å². The van der Waals surface area contributed by atoms with Crippen LogP contribution in [0.2, 0.25) is 0 Å². The van der Waals surface area contributed by atoms with Crippen molar-refractivity contribution in [1.29, 1.82) is 0 Å². The molecule has 0 spiro atoms. The second kappa shape index (κ2) is 8.93. The fourth-order valence-corrected chi connectivity index (χ4v) is 2.56. The van der Waals surface area contributed by atoms with Gasteiger partial charge in [-0.1, -0.05) is 53.2 Å². The van der Waals surface area contributed by atoms with Gasteiger partial charge >= 0.3 is 0 Å². The van der Waals surface area contributed by atoms with E-state index in [9.17, 15) is 5.11 Å². The molecule has 3 nitrogen and oxygen atoms in total. The summed E-state index contributed by atoms with van der Waals surface area (Å²) in [6, 6.07) is 16.2. The van der Waals surface area contributed by atoms with Crippen molar-refractivity contribution in [2.45, 2.75) is 32.5 Å². The first-order valence-electron chi connectivity index (χ1n) is 7.52. The van der Waals surface area contributed by atoms with Crippen LogP contribution < -0.4 is 10.1 Å². The highest BCUT2D eigenvalue weighted by Gasteiger charge is 2.08. The van der Waals surface area contributed by atoms with E-state index < -0.39 is 0 Å². The van der Waals surface area contributed by atoms with Gasteiger partial charge in [-0.15, -0.1) is 0 Å². The SMILES string of the molecule is CCC(CO)NCc1cc(Br)ccc1OCc1ccccc1. The molecule has 1 atom stereocenters. The van der Waals surface area contributed by atoms with Crippen LogP contribution in [0.25, 0.3) is 0 Å². The summed E-state index contributed by atoms with van der Waals surface area (Å²) < 4.78 is 6.98. The summed E-state index contributed by atoms with van der Waals surface area (Å²) in [7, 11) is 0. The second-order valence-electron chi connectivity index (χ2n) is 5.19. The van der Waals surface area contributed by atoms with Crippen molar-refractivity contribution >= 4 is 15.9 Å². The maximum atomic E-state index is 9.28. The predicted octanol–water partition coefficient (Wildman–Crippen LogP) is 3.89. The van der Waals surface area contributed by atoms with Crippen LogP contribution in [0.5, 0.6) is 5.75 Å². The van der Waals surface area contributed by atoms with Gasteiger partial charge in [0, 0.05) is 22.6 Å². The summed E-state index contributed by atoms with van der Waals surface area (Å²) in [5.74, 6) is 0.868. The molecule has 0 radical (unpaired) electrons. The monoisotopic (exact) mass is 363 g/mol. The molecular formula is C18H22BrNO2. The van der Waals surface area contributed by atoms with Crippen LogP contribution in [0.3, 0.4) is 0 Å². The largest absolute Gasteiger partial charge is 0.489 e. The minimum atomic E-state index is 0.112. The van der Waals surface area contributed by atoms with Crippen LogP contribution in [0.15, 0.2) is 53.0 Å². The Bertz CT molecular complexity index is 571. The van der Waals surface area contributed by atoms with Crippen molar-refractivity contribution < 1.29 is 9.84 Å². The van der Waals surface area contributed by atoms with Crippen LogP contribution in [0.1, 0.15) is 24.5 Å². The van der Waals surface area contributed by atoms with Gasteiger partial charge in [0.2, 0.25) is 0 Å². The molecule has 22 heavy (non-hydrogen) atoms. The Balaban J connectivity index is 2.03. The molecule has 0 amide bonds. The average Bonchev–Trinajstić information content (AvgIpc) is 2.56. The zero-order valence-corrected chi connectivity index (χ0v) is 14.3. The first-order valence-corrected chi connectivity index (χ1v) is 8.31. The minimum Gasteiger partial charge on any atom is -0.489 e. The Morgan fingerprint density at radius 1 is 1.18 bits per heavy atom. The lowest BCUT2D eigenvalue weighted by Gasteiger charge is -2.17. The Kier molecular flexibility index (Phi) is 6.90. The molecule has 118 valence electrons. The van der Waals surface area contributed by atoms with E-state index in [0.29, 0.717) is 13.2 Å². The van der Waals surface area contributed by atoms with E-state index in [-0.39, 0.29) is 12.6 Å². The number of hydrogen-bond acceptors (Lipinski definition) is 3. The summed E-state index contributed by atoms with van der Waals surface area (Å²) in [6.07, 6.45) is 0.894. The third-order valence-corrected chi connectivity index (χ3v) is 4.05. The van der Waals surface area contributed by atoms with Crippen molar-refractivity contribution in [1.82, 2.24) is 5.32 Å². The van der Waals surface area contributed by atoms with Crippen molar-refractivity contribution in [3.8, 4) is 5.75 Å². The Morgan fingerprint density at radius 3 is 2.64 bits per heavy atom. The summed E-state index contributed by atoms with van der Waals surface area (Å²) in [4.78, 5) is 0. The molecule has 0 bridgehead atoms. The summed E-state index contributed by atoms with van der Waals surface area (Å²) in [5.41, 5.74) is 2.23. The van der Waals surface area contributed by atoms with E-state index in [1.807, 2.05) is 30.3 Å². The van der Waals surface area contributed by atoms with E-state index in [2.05, 4.69) is 46.4 Å². The number of aliphatic hydroxyl groups excluding tert-OH is 1. The topological polar surface area (TPSA) is 41.5 Å². The smallest absolute Gasteiger partial charge is 0.124 e. The number of hydrogen-bond donors (Lipinski definition) is 2. The first-order chi connectivity index (χ1) is 10.7. The lowest BCUT2D eigenvalue weighted by molar-refractivity contribution is 0.237. The molecule has 2 aromatic rings. The number of rotatable bonds is 8. The average molecular weight is 364 g/mol. The number of aliphatic hydroxyl groups is 1. The minimum absolute atomic E-state index is 0.112. The van der Waals surface area contributed by atoms with Gasteiger partial charge in [0.1, 0.15) is 12.4 Å². The highest BCUT2D eigenvalue weighted by molar-refractivity contribution is 9.10. The molecule has 2 aromatic carbocycles. The molecule has 1 unspecified atom stereocenters. The summed E-state index contributed by atoms with van der Waals surface area (Å²) in [5, 5.41) is 12.6. The quantitative estimate of drug-likeness (QED) is 0.747. The van der Waals surface area contributed by atoms with Crippen LogP contribution in [-0.4, -0.2) is 17.8 Å². The number of halogens is 1. The molecule has 0 fully saturated rings. The molecule has 2 N–H and O–H groups in total. The maximum Gasteiger partial charge on any atom is 0.124 e. The highest BCUT2D eigenvalue weighted by atomic mass is 79.9. The third kappa shape index (κ3) is 5.13. The van der Waals surface area contributed by atoms with E-state index in [1.165, 1.54) is 0 Å². The first kappa shape index (κ1) is 17.0. The van der Waals surface area contributed by atoms with Gasteiger partial charge in [0.05, 0.1) is 6.61 Å². The molecule has 0 aliphatic rings. The number of ether oxygens (including phenoxy) is 1. The molecule has 2 rings (SSSR count). The molecule has 0 aromatic heterocycles. The third-order valence-electron chi connectivity index (χ3n) is 3.55. The summed E-state index contributed by atoms with van der Waals surface area (Å²) in [6.45, 7) is 3.42. The van der Waals surface area contributed by atoms with Crippen molar-refractivity contribution in [3.05, 3.63) is 64.1 Å². The van der Waals surface area contributed by atoms with Gasteiger partial charge in [-0.2, -0.15) is 0 Å². The standard InChI is InChI=1S/C18H22BrNO2/c1-2-17(12-21)20-11-15-10-16(19)8-9-18(15)22-13-14-6-4-3-5-7-14/h3-10,17,20-21H,2,11-13H2,1H3.